The third-order valence-electron chi connectivity index (χ3n) is 3.89. The minimum atomic E-state index is -0.523. The third-order valence-corrected chi connectivity index (χ3v) is 3.89. The van der Waals surface area contributed by atoms with Crippen LogP contribution in [0, 0.1) is 10.1 Å². The Bertz CT molecular complexity index is 748. The number of nitro benzene ring substituents is 1. The number of ether oxygens (including phenoxy) is 2. The number of nitro groups is 1. The molecule has 0 bridgehead atoms. The summed E-state index contributed by atoms with van der Waals surface area (Å²) in [6, 6.07) is 7.74. The van der Waals surface area contributed by atoms with Crippen LogP contribution >= 0.6 is 0 Å². The van der Waals surface area contributed by atoms with Crippen LogP contribution in [0.5, 0.6) is 5.75 Å². The molecule has 1 heterocycles. The van der Waals surface area contributed by atoms with E-state index in [4.69, 9.17) is 13.9 Å². The number of carbonyl (C=O) groups excluding carboxylic acids is 1. The number of amides is 1. The summed E-state index contributed by atoms with van der Waals surface area (Å²) >= 11 is 0. The van der Waals surface area contributed by atoms with Crippen molar-refractivity contribution in [3.8, 4) is 5.75 Å². The van der Waals surface area contributed by atoms with E-state index >= 15 is 0 Å². The minimum Gasteiger partial charge on any atom is -0.495 e. The maximum atomic E-state index is 12.3. The van der Waals surface area contributed by atoms with E-state index in [9.17, 15) is 14.9 Å². The van der Waals surface area contributed by atoms with Gasteiger partial charge in [0.1, 0.15) is 11.5 Å². The third kappa shape index (κ3) is 6.39. The first-order chi connectivity index (χ1) is 13.0. The van der Waals surface area contributed by atoms with Gasteiger partial charge in [-0.1, -0.05) is 0 Å². The molecule has 0 aliphatic heterocycles. The Hall–Kier alpha value is -2.91. The van der Waals surface area contributed by atoms with Crippen LogP contribution in [0.2, 0.25) is 0 Å². The number of anilines is 1. The zero-order valence-electron chi connectivity index (χ0n) is 15.3. The van der Waals surface area contributed by atoms with Gasteiger partial charge in [-0.05, 0) is 18.2 Å². The predicted octanol–water partition coefficient (Wildman–Crippen LogP) is 2.67. The molecule has 1 amide bonds. The molecule has 2 rings (SSSR count). The van der Waals surface area contributed by atoms with E-state index in [1.165, 1.54) is 25.3 Å². The van der Waals surface area contributed by atoms with Gasteiger partial charge >= 0.3 is 0 Å². The lowest BCUT2D eigenvalue weighted by Crippen LogP contribution is -2.30. The van der Waals surface area contributed by atoms with Crippen LogP contribution in [0.1, 0.15) is 12.2 Å². The van der Waals surface area contributed by atoms with Crippen molar-refractivity contribution in [2.75, 3.05) is 39.2 Å². The molecule has 0 aliphatic carbocycles. The number of benzene rings is 1. The molecule has 146 valence electrons. The Morgan fingerprint density at radius 1 is 1.30 bits per heavy atom. The molecule has 0 saturated heterocycles. The van der Waals surface area contributed by atoms with Crippen LogP contribution < -0.4 is 10.1 Å². The minimum absolute atomic E-state index is 0.120. The molecule has 0 unspecified atom stereocenters. The summed E-state index contributed by atoms with van der Waals surface area (Å²) in [4.78, 5) is 24.8. The first-order valence-electron chi connectivity index (χ1n) is 8.39. The lowest BCUT2D eigenvalue weighted by Gasteiger charge is -2.20. The molecule has 0 radical (unpaired) electrons. The summed E-state index contributed by atoms with van der Waals surface area (Å²) < 4.78 is 15.6. The molecular weight excluding hydrogens is 354 g/mol. The van der Waals surface area contributed by atoms with E-state index in [0.717, 1.165) is 5.76 Å². The van der Waals surface area contributed by atoms with Gasteiger partial charge in [0.05, 0.1) is 37.1 Å². The van der Waals surface area contributed by atoms with Gasteiger partial charge in [-0.3, -0.25) is 19.8 Å². The van der Waals surface area contributed by atoms with E-state index in [2.05, 4.69) is 5.32 Å². The van der Waals surface area contributed by atoms with Gasteiger partial charge in [0.25, 0.3) is 5.69 Å². The highest BCUT2D eigenvalue weighted by Gasteiger charge is 2.15. The second kappa shape index (κ2) is 10.3. The number of rotatable bonds is 11. The molecule has 9 heteroatoms. The first kappa shape index (κ1) is 20.4. The highest BCUT2D eigenvalue weighted by atomic mass is 16.6. The second-order valence-corrected chi connectivity index (χ2v) is 5.79. The summed E-state index contributed by atoms with van der Waals surface area (Å²) in [7, 11) is 3.05. The van der Waals surface area contributed by atoms with Crippen molar-refractivity contribution >= 4 is 17.3 Å². The van der Waals surface area contributed by atoms with E-state index in [1.54, 1.807) is 13.4 Å². The van der Waals surface area contributed by atoms with Crippen molar-refractivity contribution in [2.24, 2.45) is 0 Å². The molecule has 2 aromatic rings. The van der Waals surface area contributed by atoms with Gasteiger partial charge in [-0.2, -0.15) is 0 Å². The highest BCUT2D eigenvalue weighted by Crippen LogP contribution is 2.28. The highest BCUT2D eigenvalue weighted by molar-refractivity contribution is 5.92. The molecular formula is C18H23N3O6. The smallest absolute Gasteiger partial charge is 0.271 e. The fourth-order valence-corrected chi connectivity index (χ4v) is 2.49. The van der Waals surface area contributed by atoms with Crippen molar-refractivity contribution in [3.05, 3.63) is 52.5 Å². The second-order valence-electron chi connectivity index (χ2n) is 5.79. The summed E-state index contributed by atoms with van der Waals surface area (Å²) in [6.45, 7) is 2.21. The quantitative estimate of drug-likeness (QED) is 0.474. The largest absolute Gasteiger partial charge is 0.495 e. The van der Waals surface area contributed by atoms with Gasteiger partial charge in [0.2, 0.25) is 5.91 Å². The van der Waals surface area contributed by atoms with Gasteiger partial charge < -0.3 is 19.2 Å². The zero-order chi connectivity index (χ0) is 19.6. The fraction of sp³-hybridized carbons (Fsp3) is 0.389. The Balaban J connectivity index is 1.96. The van der Waals surface area contributed by atoms with Crippen molar-refractivity contribution in [2.45, 2.75) is 13.0 Å². The molecule has 1 aromatic heterocycles. The lowest BCUT2D eigenvalue weighted by atomic mass is 10.2. The normalized spacial score (nSPS) is 10.8. The number of nitrogens with zero attached hydrogens (tertiary/aromatic N) is 2. The molecule has 9 nitrogen and oxygen atoms in total. The SMILES string of the molecule is COCCN(CCC(=O)Nc1cc([N+](=O)[O-])ccc1OC)Cc1ccco1. The summed E-state index contributed by atoms with van der Waals surface area (Å²) in [5.74, 6) is 0.892. The molecule has 0 saturated carbocycles. The molecule has 0 atom stereocenters. The Labute approximate surface area is 157 Å². The van der Waals surface area contributed by atoms with Crippen LogP contribution in [-0.4, -0.2) is 49.6 Å². The number of hydrogen-bond acceptors (Lipinski definition) is 7. The van der Waals surface area contributed by atoms with Crippen molar-refractivity contribution < 1.29 is 23.6 Å². The topological polar surface area (TPSA) is 107 Å². The summed E-state index contributed by atoms with van der Waals surface area (Å²) in [5, 5.41) is 13.6. The monoisotopic (exact) mass is 377 g/mol. The molecule has 0 spiro atoms. The van der Waals surface area contributed by atoms with Gasteiger partial charge in [0.15, 0.2) is 0 Å². The maximum Gasteiger partial charge on any atom is 0.271 e. The van der Waals surface area contributed by atoms with Gasteiger partial charge in [-0.15, -0.1) is 0 Å². The Kier molecular flexibility index (Phi) is 7.78. The first-order valence-corrected chi connectivity index (χ1v) is 8.39. The van der Waals surface area contributed by atoms with E-state index < -0.39 is 4.92 Å². The van der Waals surface area contributed by atoms with Gasteiger partial charge in [0, 0.05) is 38.8 Å². The number of nitrogens with one attached hydrogen (secondary N) is 1. The average molecular weight is 377 g/mol. The van der Waals surface area contributed by atoms with Crippen LogP contribution in [0.25, 0.3) is 0 Å². The zero-order valence-corrected chi connectivity index (χ0v) is 15.3. The number of carbonyl (C=O) groups is 1. The van der Waals surface area contributed by atoms with E-state index in [0.29, 0.717) is 32.0 Å². The summed E-state index contributed by atoms with van der Waals surface area (Å²) in [5.41, 5.74) is 0.150. The predicted molar refractivity (Wildman–Crippen MR) is 98.8 cm³/mol. The molecule has 1 aromatic carbocycles. The number of hydrogen-bond donors (Lipinski definition) is 1. The average Bonchev–Trinajstić information content (AvgIpc) is 3.16. The van der Waals surface area contributed by atoms with E-state index in [1.807, 2.05) is 17.0 Å². The van der Waals surface area contributed by atoms with Crippen molar-refractivity contribution in [3.63, 3.8) is 0 Å². The number of non-ortho nitro benzene ring substituents is 1. The van der Waals surface area contributed by atoms with Crippen molar-refractivity contribution in [1.29, 1.82) is 0 Å². The van der Waals surface area contributed by atoms with Crippen LogP contribution in [0.3, 0.4) is 0 Å². The maximum absolute atomic E-state index is 12.3. The van der Waals surface area contributed by atoms with Crippen molar-refractivity contribution in [1.82, 2.24) is 4.90 Å². The molecule has 27 heavy (non-hydrogen) atoms. The molecule has 0 fully saturated rings. The van der Waals surface area contributed by atoms with E-state index in [-0.39, 0.29) is 23.7 Å². The Morgan fingerprint density at radius 2 is 2.11 bits per heavy atom. The molecule has 1 N–H and O–H groups in total. The molecule has 0 aliphatic rings. The lowest BCUT2D eigenvalue weighted by molar-refractivity contribution is -0.384. The van der Waals surface area contributed by atoms with Gasteiger partial charge in [-0.25, -0.2) is 0 Å². The number of furan rings is 1. The Morgan fingerprint density at radius 3 is 2.74 bits per heavy atom. The van der Waals surface area contributed by atoms with Crippen LogP contribution in [0.15, 0.2) is 41.0 Å². The summed E-state index contributed by atoms with van der Waals surface area (Å²) in [6.07, 6.45) is 1.81. The van der Waals surface area contributed by atoms with Crippen LogP contribution in [0.4, 0.5) is 11.4 Å². The fourth-order valence-electron chi connectivity index (χ4n) is 2.49. The van der Waals surface area contributed by atoms with Crippen LogP contribution in [-0.2, 0) is 16.1 Å². The number of methoxy groups -OCH3 is 2. The standard InChI is InChI=1S/C18H23N3O6/c1-25-11-9-20(13-15-4-3-10-27-15)8-7-18(22)19-16-12-14(21(23)24)5-6-17(16)26-2/h3-6,10,12H,7-9,11,13H2,1-2H3,(H,19,22).